The number of carboxylic acid groups (broad SMARTS) is 1. The molecule has 0 heterocycles. The summed E-state index contributed by atoms with van der Waals surface area (Å²) in [6, 6.07) is 0. The molecule has 2 N–H and O–H groups in total. The summed E-state index contributed by atoms with van der Waals surface area (Å²) in [6.45, 7) is 1.41. The number of nitrogens with one attached hydrogen (secondary N) is 1. The van der Waals surface area contributed by atoms with Crippen LogP contribution in [0.2, 0.25) is 0 Å². The number of carbonyl (C=O) groups excluding carboxylic acids is 1. The van der Waals surface area contributed by atoms with Crippen LogP contribution < -0.4 is 5.32 Å². The van der Waals surface area contributed by atoms with E-state index in [1.54, 1.807) is 0 Å². The number of hydrogen-bond acceptors (Lipinski definition) is 4. The van der Waals surface area contributed by atoms with E-state index in [-0.39, 0.29) is 6.54 Å². The molecule has 1 amide bonds. The van der Waals surface area contributed by atoms with Crippen molar-refractivity contribution in [3.8, 4) is 0 Å². The van der Waals surface area contributed by atoms with Gasteiger partial charge in [0, 0.05) is 12.8 Å². The quantitative estimate of drug-likeness (QED) is 0.746. The Balaban J connectivity index is 2.77. The predicted octanol–water partition coefficient (Wildman–Crippen LogP) is 0.181. The second-order valence-electron chi connectivity index (χ2n) is 4.92. The van der Waals surface area contributed by atoms with Gasteiger partial charge >= 0.3 is 5.97 Å². The molecule has 6 nitrogen and oxygen atoms in total. The van der Waals surface area contributed by atoms with Crippen LogP contribution in [0, 0.1) is 5.92 Å². The summed E-state index contributed by atoms with van der Waals surface area (Å²) in [6.07, 6.45) is 3.11. The van der Waals surface area contributed by atoms with Crippen LogP contribution in [0.25, 0.3) is 0 Å². The lowest BCUT2D eigenvalue weighted by Crippen LogP contribution is -2.51. The first-order valence-electron chi connectivity index (χ1n) is 5.91. The lowest BCUT2D eigenvalue weighted by Gasteiger charge is -2.26. The van der Waals surface area contributed by atoms with Crippen molar-refractivity contribution in [2.75, 3.05) is 12.8 Å². The summed E-state index contributed by atoms with van der Waals surface area (Å²) >= 11 is 0. The van der Waals surface area contributed by atoms with Gasteiger partial charge in [-0.25, -0.2) is 8.42 Å². The molecular weight excluding hydrogens is 258 g/mol. The fraction of sp³-hybridized carbons (Fsp3) is 0.818. The zero-order valence-electron chi connectivity index (χ0n) is 10.6. The number of carboxylic acids is 1. The van der Waals surface area contributed by atoms with Crippen LogP contribution in [0.1, 0.15) is 32.6 Å². The van der Waals surface area contributed by atoms with Crippen LogP contribution in [-0.4, -0.2) is 42.9 Å². The van der Waals surface area contributed by atoms with Crippen LogP contribution in [0.15, 0.2) is 0 Å². The number of sulfone groups is 1. The maximum atomic E-state index is 12.1. The summed E-state index contributed by atoms with van der Waals surface area (Å²) in [5.41, 5.74) is 0. The highest BCUT2D eigenvalue weighted by Crippen LogP contribution is 2.36. The van der Waals surface area contributed by atoms with E-state index in [1.165, 1.54) is 6.92 Å². The molecule has 0 aliphatic heterocycles. The van der Waals surface area contributed by atoms with E-state index in [2.05, 4.69) is 5.32 Å². The Morgan fingerprint density at radius 2 is 1.83 bits per heavy atom. The number of rotatable bonds is 5. The molecule has 104 valence electrons. The Hall–Kier alpha value is -1.11. The molecule has 0 aromatic heterocycles. The van der Waals surface area contributed by atoms with E-state index in [0.29, 0.717) is 25.7 Å². The molecule has 0 aromatic carbocycles. The van der Waals surface area contributed by atoms with Crippen LogP contribution in [0.5, 0.6) is 0 Å². The van der Waals surface area contributed by atoms with E-state index >= 15 is 0 Å². The molecule has 0 saturated heterocycles. The standard InChI is InChI=1S/C11H19NO5S/c1-8(9(13)14)7-12-10(15)11(18(2,16)17)5-3-4-6-11/h8H,3-7H2,1-2H3,(H,12,15)(H,13,14). The Morgan fingerprint density at radius 1 is 1.33 bits per heavy atom. The summed E-state index contributed by atoms with van der Waals surface area (Å²) in [5.74, 6) is -2.31. The number of amides is 1. The van der Waals surface area contributed by atoms with Gasteiger partial charge in [-0.2, -0.15) is 0 Å². The van der Waals surface area contributed by atoms with Crippen molar-refractivity contribution in [2.24, 2.45) is 5.92 Å². The van der Waals surface area contributed by atoms with Gasteiger partial charge in [0.2, 0.25) is 5.91 Å². The highest BCUT2D eigenvalue weighted by Gasteiger charge is 2.49. The van der Waals surface area contributed by atoms with Crippen molar-refractivity contribution in [1.29, 1.82) is 0 Å². The largest absolute Gasteiger partial charge is 0.481 e. The zero-order chi connectivity index (χ0) is 14.0. The van der Waals surface area contributed by atoms with Crippen molar-refractivity contribution in [2.45, 2.75) is 37.4 Å². The number of carbonyl (C=O) groups is 2. The molecule has 1 aliphatic rings. The van der Waals surface area contributed by atoms with Gasteiger partial charge in [0.05, 0.1) is 5.92 Å². The van der Waals surface area contributed by atoms with E-state index in [0.717, 1.165) is 6.26 Å². The summed E-state index contributed by atoms with van der Waals surface area (Å²) < 4.78 is 22.2. The molecule has 1 aliphatic carbocycles. The van der Waals surface area contributed by atoms with E-state index < -0.39 is 32.4 Å². The first-order chi connectivity index (χ1) is 8.21. The van der Waals surface area contributed by atoms with Crippen molar-refractivity contribution in [3.63, 3.8) is 0 Å². The first kappa shape index (κ1) is 14.9. The predicted molar refractivity (Wildman–Crippen MR) is 65.9 cm³/mol. The van der Waals surface area contributed by atoms with Gasteiger partial charge in [0.1, 0.15) is 4.75 Å². The normalized spacial score (nSPS) is 20.3. The fourth-order valence-electron chi connectivity index (χ4n) is 2.21. The molecule has 0 bridgehead atoms. The molecule has 1 fully saturated rings. The van der Waals surface area contributed by atoms with Crippen molar-refractivity contribution >= 4 is 21.7 Å². The Kier molecular flexibility index (Phi) is 4.37. The minimum Gasteiger partial charge on any atom is -0.481 e. The van der Waals surface area contributed by atoms with Gasteiger partial charge < -0.3 is 10.4 Å². The van der Waals surface area contributed by atoms with E-state index in [4.69, 9.17) is 5.11 Å². The van der Waals surface area contributed by atoms with Gasteiger partial charge in [-0.05, 0) is 12.8 Å². The fourth-order valence-corrected chi connectivity index (χ4v) is 3.65. The topological polar surface area (TPSA) is 101 Å². The van der Waals surface area contributed by atoms with Crippen molar-refractivity contribution in [3.05, 3.63) is 0 Å². The summed E-state index contributed by atoms with van der Waals surface area (Å²) in [7, 11) is -3.49. The third-order valence-electron chi connectivity index (χ3n) is 3.53. The van der Waals surface area contributed by atoms with Gasteiger partial charge in [-0.3, -0.25) is 9.59 Å². The third-order valence-corrected chi connectivity index (χ3v) is 5.54. The smallest absolute Gasteiger partial charge is 0.308 e. The maximum Gasteiger partial charge on any atom is 0.308 e. The van der Waals surface area contributed by atoms with Crippen LogP contribution in [0.4, 0.5) is 0 Å². The zero-order valence-corrected chi connectivity index (χ0v) is 11.4. The molecule has 1 rings (SSSR count). The minimum absolute atomic E-state index is 0.0502. The molecule has 1 saturated carbocycles. The Bertz CT molecular complexity index is 436. The van der Waals surface area contributed by atoms with Crippen LogP contribution in [0.3, 0.4) is 0 Å². The SMILES string of the molecule is CC(CNC(=O)C1(S(C)(=O)=O)CCCC1)C(=O)O. The summed E-state index contributed by atoms with van der Waals surface area (Å²) in [5, 5.41) is 11.2. The molecule has 1 unspecified atom stereocenters. The van der Waals surface area contributed by atoms with Crippen molar-refractivity contribution in [1.82, 2.24) is 5.32 Å². The van der Waals surface area contributed by atoms with Crippen LogP contribution in [-0.2, 0) is 19.4 Å². The second-order valence-corrected chi connectivity index (χ2v) is 7.25. The monoisotopic (exact) mass is 277 g/mol. The minimum atomic E-state index is -3.49. The Labute approximate surface area is 107 Å². The first-order valence-corrected chi connectivity index (χ1v) is 7.80. The molecule has 1 atom stereocenters. The van der Waals surface area contributed by atoms with E-state index in [9.17, 15) is 18.0 Å². The molecule has 18 heavy (non-hydrogen) atoms. The van der Waals surface area contributed by atoms with E-state index in [1.807, 2.05) is 0 Å². The lowest BCUT2D eigenvalue weighted by atomic mass is 10.1. The molecule has 0 radical (unpaired) electrons. The van der Waals surface area contributed by atoms with Gasteiger partial charge in [-0.15, -0.1) is 0 Å². The van der Waals surface area contributed by atoms with Crippen molar-refractivity contribution < 1.29 is 23.1 Å². The molecule has 0 spiro atoms. The maximum absolute atomic E-state index is 12.1. The molecular formula is C11H19NO5S. The second kappa shape index (κ2) is 5.26. The average molecular weight is 277 g/mol. The third kappa shape index (κ3) is 2.82. The average Bonchev–Trinajstić information content (AvgIpc) is 2.74. The van der Waals surface area contributed by atoms with Gasteiger partial charge in [-0.1, -0.05) is 19.8 Å². The Morgan fingerprint density at radius 3 is 2.22 bits per heavy atom. The molecule has 0 aromatic rings. The highest BCUT2D eigenvalue weighted by molar-refractivity contribution is 7.92. The summed E-state index contributed by atoms with van der Waals surface area (Å²) in [4.78, 5) is 22.7. The highest BCUT2D eigenvalue weighted by atomic mass is 32.2. The molecule has 7 heteroatoms. The van der Waals surface area contributed by atoms with Gasteiger partial charge in [0.15, 0.2) is 9.84 Å². The lowest BCUT2D eigenvalue weighted by molar-refractivity contribution is -0.141. The van der Waals surface area contributed by atoms with Gasteiger partial charge in [0.25, 0.3) is 0 Å². The van der Waals surface area contributed by atoms with Crippen LogP contribution >= 0.6 is 0 Å². The number of aliphatic carboxylic acids is 1. The number of hydrogen-bond donors (Lipinski definition) is 2.